The van der Waals surface area contributed by atoms with Crippen LogP contribution in [0.1, 0.15) is 22.4 Å². The Balaban J connectivity index is 1.70. The van der Waals surface area contributed by atoms with Gasteiger partial charge in [0.25, 0.3) is 5.91 Å². The fourth-order valence-electron chi connectivity index (χ4n) is 3.03. The predicted octanol–water partition coefficient (Wildman–Crippen LogP) is 4.38. The van der Waals surface area contributed by atoms with E-state index >= 15 is 0 Å². The Morgan fingerprint density at radius 2 is 1.76 bits per heavy atom. The highest BCUT2D eigenvalue weighted by molar-refractivity contribution is 6.34. The lowest BCUT2D eigenvalue weighted by Crippen LogP contribution is -2.03. The summed E-state index contributed by atoms with van der Waals surface area (Å²) < 4.78 is 26.7. The topological polar surface area (TPSA) is 44.9 Å². The van der Waals surface area contributed by atoms with Crippen LogP contribution in [0, 0.1) is 11.6 Å². The van der Waals surface area contributed by atoms with Crippen molar-refractivity contribution in [2.75, 3.05) is 5.32 Å². The molecule has 0 spiro atoms. The van der Waals surface area contributed by atoms with Crippen LogP contribution in [0.4, 0.5) is 14.5 Å². The highest BCUT2D eigenvalue weighted by Crippen LogP contribution is 2.34. The number of H-pyrrole nitrogens is 1. The molecule has 0 fully saturated rings. The average Bonchev–Trinajstić information content (AvgIpc) is 3.16. The highest BCUT2D eigenvalue weighted by atomic mass is 19.1. The number of carbonyl (C=O) groups excluding carboxylic acids is 1. The van der Waals surface area contributed by atoms with Crippen molar-refractivity contribution in [1.82, 2.24) is 4.98 Å². The van der Waals surface area contributed by atoms with Crippen molar-refractivity contribution in [3.8, 4) is 0 Å². The van der Waals surface area contributed by atoms with Gasteiger partial charge in [-0.05, 0) is 60.0 Å². The fourth-order valence-corrected chi connectivity index (χ4v) is 3.03. The number of anilines is 1. The molecule has 4 rings (SSSR count). The van der Waals surface area contributed by atoms with Crippen LogP contribution in [-0.4, -0.2) is 10.9 Å². The first kappa shape index (κ1) is 15.3. The number of rotatable bonds is 3. The maximum Gasteiger partial charge on any atom is 0.256 e. The van der Waals surface area contributed by atoms with Gasteiger partial charge < -0.3 is 10.3 Å². The molecule has 3 aromatic rings. The lowest BCUT2D eigenvalue weighted by molar-refractivity contribution is -0.110. The molecule has 2 N–H and O–H groups in total. The summed E-state index contributed by atoms with van der Waals surface area (Å²) in [7, 11) is 0. The molecular formula is C20H14F2N2O. The van der Waals surface area contributed by atoms with Gasteiger partial charge in [0.2, 0.25) is 0 Å². The number of hydrogen-bond acceptors (Lipinski definition) is 1. The van der Waals surface area contributed by atoms with E-state index in [4.69, 9.17) is 0 Å². The molecule has 3 nitrogen and oxygen atoms in total. The third-order valence-corrected chi connectivity index (χ3v) is 4.12. The third kappa shape index (κ3) is 3.08. The van der Waals surface area contributed by atoms with E-state index < -0.39 is 11.6 Å². The third-order valence-electron chi connectivity index (χ3n) is 4.12. The molecule has 0 bridgehead atoms. The first-order chi connectivity index (χ1) is 12.1. The van der Waals surface area contributed by atoms with Crippen LogP contribution in [0.3, 0.4) is 0 Å². The van der Waals surface area contributed by atoms with Gasteiger partial charge in [0.1, 0.15) is 11.6 Å². The number of nitrogens with one attached hydrogen (secondary N) is 2. The van der Waals surface area contributed by atoms with Gasteiger partial charge in [0.05, 0.1) is 5.57 Å². The van der Waals surface area contributed by atoms with Crippen molar-refractivity contribution in [2.24, 2.45) is 0 Å². The number of amides is 1. The highest BCUT2D eigenvalue weighted by Gasteiger charge is 2.24. The monoisotopic (exact) mass is 336 g/mol. The Labute approximate surface area is 143 Å². The van der Waals surface area contributed by atoms with E-state index in [1.165, 1.54) is 12.1 Å². The molecule has 5 heteroatoms. The minimum absolute atomic E-state index is 0.168. The average molecular weight is 336 g/mol. The molecule has 1 amide bonds. The quantitative estimate of drug-likeness (QED) is 0.685. The normalized spacial score (nSPS) is 14.6. The number of fused-ring (bicyclic) bond motifs is 1. The Morgan fingerprint density at radius 3 is 2.48 bits per heavy atom. The Kier molecular flexibility index (Phi) is 3.69. The number of hydrogen-bond donors (Lipinski definition) is 2. The summed E-state index contributed by atoms with van der Waals surface area (Å²) in [5, 5.41) is 2.83. The smallest absolute Gasteiger partial charge is 0.256 e. The van der Waals surface area contributed by atoms with E-state index in [9.17, 15) is 13.6 Å². The second kappa shape index (κ2) is 6.02. The van der Waals surface area contributed by atoms with Gasteiger partial charge in [-0.2, -0.15) is 0 Å². The Bertz CT molecular complexity index is 971. The molecule has 1 aromatic heterocycles. The molecule has 2 heterocycles. The maximum atomic E-state index is 13.4. The van der Waals surface area contributed by atoms with Crippen LogP contribution in [-0.2, 0) is 11.2 Å². The van der Waals surface area contributed by atoms with Crippen molar-refractivity contribution in [2.45, 2.75) is 6.42 Å². The molecule has 1 aliphatic rings. The zero-order valence-corrected chi connectivity index (χ0v) is 13.1. The van der Waals surface area contributed by atoms with E-state index in [2.05, 4.69) is 10.3 Å². The minimum atomic E-state index is -0.597. The molecule has 25 heavy (non-hydrogen) atoms. The summed E-state index contributed by atoms with van der Waals surface area (Å²) in [6, 6.07) is 12.8. The molecule has 0 unspecified atom stereocenters. The summed E-state index contributed by atoms with van der Waals surface area (Å²) >= 11 is 0. The summed E-state index contributed by atoms with van der Waals surface area (Å²) in [6.07, 6.45) is 3.95. The fraction of sp³-hybridized carbons (Fsp3) is 0.0500. The van der Waals surface area contributed by atoms with Crippen molar-refractivity contribution >= 4 is 23.2 Å². The molecule has 1 aliphatic heterocycles. The molecular weight excluding hydrogens is 322 g/mol. The standard InChI is InChI=1S/C20H14F2N2O/c21-14-7-13(8-15(22)10-14)6-12-3-4-19-17(9-12)18(20(25)24-19)11-16-2-1-5-23-16/h1-5,7-11,23H,6H2,(H,24,25). The van der Waals surface area contributed by atoms with Crippen molar-refractivity contribution in [3.05, 3.63) is 88.7 Å². The number of aromatic nitrogens is 1. The zero-order valence-electron chi connectivity index (χ0n) is 13.1. The predicted molar refractivity (Wildman–Crippen MR) is 92.9 cm³/mol. The maximum absolute atomic E-state index is 13.4. The van der Waals surface area contributed by atoms with Crippen molar-refractivity contribution in [1.29, 1.82) is 0 Å². The molecule has 0 saturated carbocycles. The van der Waals surface area contributed by atoms with Crippen LogP contribution in [0.5, 0.6) is 0 Å². The van der Waals surface area contributed by atoms with Gasteiger partial charge in [-0.25, -0.2) is 8.78 Å². The van der Waals surface area contributed by atoms with Crippen LogP contribution >= 0.6 is 0 Å². The van der Waals surface area contributed by atoms with Gasteiger partial charge in [-0.3, -0.25) is 4.79 Å². The first-order valence-electron chi connectivity index (χ1n) is 7.83. The summed E-state index contributed by atoms with van der Waals surface area (Å²) in [5.74, 6) is -1.36. The minimum Gasteiger partial charge on any atom is -0.362 e. The van der Waals surface area contributed by atoms with Crippen molar-refractivity contribution < 1.29 is 13.6 Å². The van der Waals surface area contributed by atoms with Gasteiger partial charge in [0.15, 0.2) is 0 Å². The number of aromatic amines is 1. The Morgan fingerprint density at radius 1 is 0.960 bits per heavy atom. The van der Waals surface area contributed by atoms with Crippen LogP contribution in [0.15, 0.2) is 54.7 Å². The summed E-state index contributed by atoms with van der Waals surface area (Å²) in [5.41, 5.74) is 4.33. The van der Waals surface area contributed by atoms with Gasteiger partial charge in [-0.15, -0.1) is 0 Å². The first-order valence-corrected chi connectivity index (χ1v) is 7.83. The molecule has 124 valence electrons. The molecule has 0 radical (unpaired) electrons. The molecule has 0 saturated heterocycles. The molecule has 0 atom stereocenters. The number of carbonyl (C=O) groups is 1. The number of halogens is 2. The lowest BCUT2D eigenvalue weighted by Gasteiger charge is -2.06. The van der Waals surface area contributed by atoms with Crippen LogP contribution in [0.25, 0.3) is 11.6 Å². The summed E-state index contributed by atoms with van der Waals surface area (Å²) in [4.78, 5) is 15.3. The Hall–Kier alpha value is -3.21. The van der Waals surface area contributed by atoms with Crippen LogP contribution < -0.4 is 5.32 Å². The van der Waals surface area contributed by atoms with Gasteiger partial charge in [0, 0.05) is 29.2 Å². The van der Waals surface area contributed by atoms with Crippen LogP contribution in [0.2, 0.25) is 0 Å². The van der Waals surface area contributed by atoms with Crippen molar-refractivity contribution in [3.63, 3.8) is 0 Å². The van der Waals surface area contributed by atoms with E-state index in [-0.39, 0.29) is 5.91 Å². The zero-order chi connectivity index (χ0) is 17.4. The van der Waals surface area contributed by atoms with E-state index in [0.29, 0.717) is 17.6 Å². The van der Waals surface area contributed by atoms with E-state index in [0.717, 1.165) is 28.6 Å². The SMILES string of the molecule is O=C1Nc2ccc(Cc3cc(F)cc(F)c3)cc2C1=Cc1ccc[nH]1. The summed E-state index contributed by atoms with van der Waals surface area (Å²) in [6.45, 7) is 0. The second-order valence-corrected chi connectivity index (χ2v) is 5.97. The van der Waals surface area contributed by atoms with E-state index in [1.54, 1.807) is 12.3 Å². The molecule has 0 aliphatic carbocycles. The van der Waals surface area contributed by atoms with E-state index in [1.807, 2.05) is 30.3 Å². The number of benzene rings is 2. The largest absolute Gasteiger partial charge is 0.362 e. The molecule has 2 aromatic carbocycles. The lowest BCUT2D eigenvalue weighted by atomic mass is 9.99. The van der Waals surface area contributed by atoms with Gasteiger partial charge >= 0.3 is 0 Å². The van der Waals surface area contributed by atoms with Gasteiger partial charge in [-0.1, -0.05) is 6.07 Å². The second-order valence-electron chi connectivity index (χ2n) is 5.97.